The molecule has 8 nitrogen and oxygen atoms in total. The van der Waals surface area contributed by atoms with Crippen molar-refractivity contribution in [2.45, 2.75) is 83.9 Å². The molecular weight excluding hydrogens is 529 g/mol. The lowest BCUT2D eigenvalue weighted by Gasteiger charge is -2.47. The van der Waals surface area contributed by atoms with Crippen molar-refractivity contribution in [1.29, 1.82) is 0 Å². The number of halogens is 2. The summed E-state index contributed by atoms with van der Waals surface area (Å²) in [6.07, 6.45) is -0.0689. The van der Waals surface area contributed by atoms with Crippen molar-refractivity contribution in [2.24, 2.45) is 5.41 Å². The van der Waals surface area contributed by atoms with E-state index in [4.69, 9.17) is 9.47 Å². The van der Waals surface area contributed by atoms with E-state index >= 15 is 0 Å². The van der Waals surface area contributed by atoms with E-state index in [9.17, 15) is 17.6 Å². The second-order valence-electron chi connectivity index (χ2n) is 11.2. The number of hydrazine groups is 1. The predicted molar refractivity (Wildman–Crippen MR) is 133 cm³/mol. The third-order valence-corrected chi connectivity index (χ3v) is 7.83. The first-order valence-corrected chi connectivity index (χ1v) is 13.4. The van der Waals surface area contributed by atoms with Crippen molar-refractivity contribution in [1.82, 2.24) is 14.7 Å². The van der Waals surface area contributed by atoms with Gasteiger partial charge in [-0.25, -0.2) is 28.0 Å². The lowest BCUT2D eigenvalue weighted by atomic mass is 9.80. The van der Waals surface area contributed by atoms with Crippen molar-refractivity contribution in [3.05, 3.63) is 22.4 Å². The molecule has 1 aromatic rings. The summed E-state index contributed by atoms with van der Waals surface area (Å²) in [4.78, 5) is 12.7. The molecule has 1 aliphatic heterocycles. The number of rotatable bonds is 5. The number of hydrogen-bond donors (Lipinski definition) is 1. The molecule has 1 amide bonds. The van der Waals surface area contributed by atoms with Gasteiger partial charge >= 0.3 is 6.09 Å². The maximum absolute atomic E-state index is 14.4. The maximum atomic E-state index is 14.4. The van der Waals surface area contributed by atoms with E-state index in [1.54, 1.807) is 20.8 Å². The Labute approximate surface area is 211 Å². The summed E-state index contributed by atoms with van der Waals surface area (Å²) in [6.45, 7) is 15.3. The Kier molecular flexibility index (Phi) is 8.39. The first-order valence-electron chi connectivity index (χ1n) is 11.1. The molecule has 0 saturated carbocycles. The molecule has 194 valence electrons. The van der Waals surface area contributed by atoms with Crippen LogP contribution < -0.4 is 10.2 Å². The highest BCUT2D eigenvalue weighted by atomic mass is 79.9. The standard InChI is InChI=1S/C23H37BrFN3O5S/c1-21(2,3)28(20(29)33-22(4,5)6)26-18-10-11-27(14-23(18,7)8)34(30,31)17-13-15(24)12-16(25)19(17)32-9/h12-13,18,26H,10-11,14H2,1-9H3. The highest BCUT2D eigenvalue weighted by molar-refractivity contribution is 9.10. The van der Waals surface area contributed by atoms with Crippen LogP contribution in [-0.2, 0) is 14.8 Å². The third-order valence-electron chi connectivity index (χ3n) is 5.52. The van der Waals surface area contributed by atoms with E-state index in [1.165, 1.54) is 22.5 Å². The van der Waals surface area contributed by atoms with Crippen LogP contribution in [0.2, 0.25) is 0 Å². The topological polar surface area (TPSA) is 88.2 Å². The summed E-state index contributed by atoms with van der Waals surface area (Å²) >= 11 is 3.17. The molecule has 1 heterocycles. The van der Waals surface area contributed by atoms with Gasteiger partial charge in [-0.3, -0.25) is 0 Å². The smallest absolute Gasteiger partial charge is 0.425 e. The van der Waals surface area contributed by atoms with Crippen LogP contribution in [0.25, 0.3) is 0 Å². The Balaban J connectivity index is 2.31. The van der Waals surface area contributed by atoms with Gasteiger partial charge in [0.1, 0.15) is 10.5 Å². The fourth-order valence-corrected chi connectivity index (χ4v) is 6.20. The number of amides is 1. The number of piperidine rings is 1. The first kappa shape index (κ1) is 28.8. The molecule has 34 heavy (non-hydrogen) atoms. The molecule has 1 aromatic carbocycles. The van der Waals surface area contributed by atoms with Crippen LogP contribution in [0.5, 0.6) is 5.75 Å². The number of nitrogens with zero attached hydrogens (tertiary/aromatic N) is 2. The lowest BCUT2D eigenvalue weighted by Crippen LogP contribution is -2.64. The molecule has 1 atom stereocenters. The molecule has 1 aliphatic rings. The molecule has 2 rings (SSSR count). The van der Waals surface area contributed by atoms with Gasteiger partial charge < -0.3 is 9.47 Å². The minimum atomic E-state index is -4.04. The van der Waals surface area contributed by atoms with Crippen LogP contribution in [0.4, 0.5) is 9.18 Å². The summed E-state index contributed by atoms with van der Waals surface area (Å²) in [5, 5.41) is 1.47. The van der Waals surface area contributed by atoms with Gasteiger partial charge in [0.05, 0.1) is 12.6 Å². The Hall–Kier alpha value is -1.43. The number of methoxy groups -OCH3 is 1. The number of benzene rings is 1. The zero-order chi connectivity index (χ0) is 26.3. The second-order valence-corrected chi connectivity index (χ2v) is 14.0. The van der Waals surface area contributed by atoms with Gasteiger partial charge in [-0.1, -0.05) is 29.8 Å². The van der Waals surface area contributed by atoms with Crippen LogP contribution in [0.1, 0.15) is 61.8 Å². The molecule has 0 radical (unpaired) electrons. The largest absolute Gasteiger partial charge is 0.492 e. The summed E-state index contributed by atoms with van der Waals surface area (Å²) in [5.41, 5.74) is 1.51. The fraction of sp³-hybridized carbons (Fsp3) is 0.696. The number of nitrogens with one attached hydrogen (secondary N) is 1. The van der Waals surface area contributed by atoms with E-state index in [-0.39, 0.29) is 29.8 Å². The zero-order valence-electron chi connectivity index (χ0n) is 21.5. The number of ether oxygens (including phenoxy) is 2. The van der Waals surface area contributed by atoms with Crippen molar-refractivity contribution < 1.29 is 27.1 Å². The molecule has 1 unspecified atom stereocenters. The van der Waals surface area contributed by atoms with Gasteiger partial charge in [-0.15, -0.1) is 0 Å². The van der Waals surface area contributed by atoms with Gasteiger partial charge in [0.25, 0.3) is 0 Å². The summed E-state index contributed by atoms with van der Waals surface area (Å²) < 4.78 is 53.6. The van der Waals surface area contributed by atoms with Crippen molar-refractivity contribution in [3.8, 4) is 5.75 Å². The number of carbonyl (C=O) groups excluding carboxylic acids is 1. The van der Waals surface area contributed by atoms with E-state index < -0.39 is 38.5 Å². The molecule has 0 aliphatic carbocycles. The quantitative estimate of drug-likeness (QED) is 0.509. The van der Waals surface area contributed by atoms with Gasteiger partial charge in [0.2, 0.25) is 10.0 Å². The van der Waals surface area contributed by atoms with Gasteiger partial charge in [-0.2, -0.15) is 4.31 Å². The predicted octanol–water partition coefficient (Wildman–Crippen LogP) is 4.93. The Bertz CT molecular complexity index is 1020. The summed E-state index contributed by atoms with van der Waals surface area (Å²) in [6, 6.07) is 2.29. The van der Waals surface area contributed by atoms with E-state index in [1.807, 2.05) is 34.6 Å². The van der Waals surface area contributed by atoms with Crippen LogP contribution >= 0.6 is 15.9 Å². The normalized spacial score (nSPS) is 19.6. The van der Waals surface area contributed by atoms with Crippen molar-refractivity contribution in [3.63, 3.8) is 0 Å². The Morgan fingerprint density at radius 2 is 1.82 bits per heavy atom. The SMILES string of the molecule is COc1c(F)cc(Br)cc1S(=O)(=O)N1CCC(NN(C(=O)OC(C)(C)C)C(C)(C)C)C(C)(C)C1. The van der Waals surface area contributed by atoms with Gasteiger partial charge in [0, 0.05) is 23.6 Å². The molecule has 0 spiro atoms. The average Bonchev–Trinajstić information content (AvgIpc) is 2.63. The third kappa shape index (κ3) is 6.61. The number of sulfonamides is 1. The lowest BCUT2D eigenvalue weighted by molar-refractivity contribution is -0.0327. The molecular formula is C23H37BrFN3O5S. The van der Waals surface area contributed by atoms with Crippen LogP contribution in [-0.4, -0.2) is 61.2 Å². The molecule has 1 fully saturated rings. The minimum absolute atomic E-state index is 0.163. The summed E-state index contributed by atoms with van der Waals surface area (Å²) in [5.74, 6) is -1.07. The fourth-order valence-electron chi connectivity index (χ4n) is 3.80. The maximum Gasteiger partial charge on any atom is 0.425 e. The molecule has 1 N–H and O–H groups in total. The number of carbonyl (C=O) groups is 1. The van der Waals surface area contributed by atoms with Gasteiger partial charge in [-0.05, 0) is 65.5 Å². The Morgan fingerprint density at radius 1 is 1.24 bits per heavy atom. The molecule has 0 bridgehead atoms. The van der Waals surface area contributed by atoms with Gasteiger partial charge in [0.15, 0.2) is 11.6 Å². The Morgan fingerprint density at radius 3 is 2.29 bits per heavy atom. The van der Waals surface area contributed by atoms with Crippen LogP contribution in [0, 0.1) is 11.2 Å². The van der Waals surface area contributed by atoms with Crippen LogP contribution in [0.3, 0.4) is 0 Å². The highest BCUT2D eigenvalue weighted by Crippen LogP contribution is 2.37. The molecule has 1 saturated heterocycles. The van der Waals surface area contributed by atoms with E-state index in [2.05, 4.69) is 21.4 Å². The molecule has 0 aromatic heterocycles. The van der Waals surface area contributed by atoms with Crippen molar-refractivity contribution >= 4 is 32.0 Å². The highest BCUT2D eigenvalue weighted by Gasteiger charge is 2.44. The minimum Gasteiger partial charge on any atom is -0.492 e. The average molecular weight is 567 g/mol. The monoisotopic (exact) mass is 565 g/mol. The first-order chi connectivity index (χ1) is 15.3. The van der Waals surface area contributed by atoms with E-state index in [0.29, 0.717) is 10.9 Å². The number of hydrogen-bond acceptors (Lipinski definition) is 6. The molecule has 11 heteroatoms. The second kappa shape index (κ2) is 9.91. The van der Waals surface area contributed by atoms with Crippen molar-refractivity contribution in [2.75, 3.05) is 20.2 Å². The van der Waals surface area contributed by atoms with E-state index in [0.717, 1.165) is 6.07 Å². The van der Waals surface area contributed by atoms with Crippen LogP contribution in [0.15, 0.2) is 21.5 Å². The zero-order valence-corrected chi connectivity index (χ0v) is 23.9. The summed E-state index contributed by atoms with van der Waals surface area (Å²) in [7, 11) is -2.80.